The number of nitrogens with zero attached hydrogens (tertiary/aromatic N) is 2. The molecule has 0 spiro atoms. The number of aliphatic imine (C=N–C) groups is 1. The summed E-state index contributed by atoms with van der Waals surface area (Å²) in [4.78, 5) is 7.01. The van der Waals surface area contributed by atoms with Crippen LogP contribution in [0.5, 0.6) is 0 Å². The third-order valence-electron chi connectivity index (χ3n) is 4.24. The Morgan fingerprint density at radius 1 is 1.33 bits per heavy atom. The normalized spacial score (nSPS) is 19.4. The van der Waals surface area contributed by atoms with Gasteiger partial charge >= 0.3 is 0 Å². The van der Waals surface area contributed by atoms with Crippen LogP contribution in [0, 0.1) is 6.92 Å². The molecule has 0 aromatic carbocycles. The monoisotopic (exact) mass is 550 g/mol. The van der Waals surface area contributed by atoms with E-state index in [-0.39, 0.29) is 36.3 Å². The van der Waals surface area contributed by atoms with Crippen LogP contribution in [0.2, 0.25) is 0 Å². The SMILES string of the molecule is CN=C(NCCNS(=O)(=O)c1ccc(C)s1)N1CCS(=O)(=O)C(C)(C)C1.I. The number of halogens is 1. The van der Waals surface area contributed by atoms with E-state index in [0.29, 0.717) is 29.8 Å². The predicted molar refractivity (Wildman–Crippen MR) is 120 cm³/mol. The summed E-state index contributed by atoms with van der Waals surface area (Å²) in [6.45, 7) is 6.53. The molecule has 156 valence electrons. The molecule has 0 aliphatic carbocycles. The molecule has 2 N–H and O–H groups in total. The number of rotatable bonds is 5. The molecule has 0 amide bonds. The fraction of sp³-hybridized carbons (Fsp3) is 0.667. The third kappa shape index (κ3) is 6.02. The largest absolute Gasteiger partial charge is 0.355 e. The van der Waals surface area contributed by atoms with Crippen molar-refractivity contribution >= 4 is 61.1 Å². The zero-order chi connectivity index (χ0) is 19.6. The summed E-state index contributed by atoms with van der Waals surface area (Å²) in [7, 11) is -5.01. The summed E-state index contributed by atoms with van der Waals surface area (Å²) in [6.07, 6.45) is 0. The standard InChI is InChI=1S/C15H26N4O4S3.HI/c1-12-5-6-13(24-12)26(22,23)18-8-7-17-14(16-4)19-9-10-25(20,21)15(2,3)11-19;/h5-6,18H,7-11H2,1-4H3,(H,16,17);1H. The van der Waals surface area contributed by atoms with E-state index in [0.717, 1.165) is 4.88 Å². The Balaban J connectivity index is 0.00000364. The minimum absolute atomic E-state index is 0. The predicted octanol–water partition coefficient (Wildman–Crippen LogP) is 1.04. The number of thiophene rings is 1. The van der Waals surface area contributed by atoms with Gasteiger partial charge in [-0.05, 0) is 32.9 Å². The van der Waals surface area contributed by atoms with Gasteiger partial charge in [-0.25, -0.2) is 21.6 Å². The highest BCUT2D eigenvalue weighted by atomic mass is 127. The van der Waals surface area contributed by atoms with Crippen LogP contribution in [0.3, 0.4) is 0 Å². The Kier molecular flexibility index (Phi) is 8.54. The van der Waals surface area contributed by atoms with E-state index in [9.17, 15) is 16.8 Å². The maximum atomic E-state index is 12.2. The molecular weight excluding hydrogens is 523 g/mol. The van der Waals surface area contributed by atoms with Crippen LogP contribution < -0.4 is 10.0 Å². The lowest BCUT2D eigenvalue weighted by Gasteiger charge is -2.39. The van der Waals surface area contributed by atoms with E-state index in [1.807, 2.05) is 11.8 Å². The highest BCUT2D eigenvalue weighted by Crippen LogP contribution is 2.23. The Bertz CT molecular complexity index is 879. The maximum absolute atomic E-state index is 12.2. The molecule has 0 unspecified atom stereocenters. The fourth-order valence-corrected chi connectivity index (χ4v) is 6.37. The highest BCUT2D eigenvalue weighted by molar-refractivity contribution is 14.0. The summed E-state index contributed by atoms with van der Waals surface area (Å²) >= 11 is 1.23. The molecule has 1 aromatic rings. The van der Waals surface area contributed by atoms with Crippen LogP contribution in [0.4, 0.5) is 0 Å². The van der Waals surface area contributed by atoms with Crippen molar-refractivity contribution in [2.75, 3.05) is 39.0 Å². The van der Waals surface area contributed by atoms with Crippen molar-refractivity contribution in [2.45, 2.75) is 29.7 Å². The number of aryl methyl sites for hydroxylation is 1. The van der Waals surface area contributed by atoms with Gasteiger partial charge in [0, 0.05) is 38.1 Å². The highest BCUT2D eigenvalue weighted by Gasteiger charge is 2.40. The molecule has 2 heterocycles. The van der Waals surface area contributed by atoms with Gasteiger partial charge in [0.1, 0.15) is 4.21 Å². The average molecular weight is 551 g/mol. The first kappa shape index (κ1) is 24.6. The topological polar surface area (TPSA) is 108 Å². The smallest absolute Gasteiger partial charge is 0.250 e. The van der Waals surface area contributed by atoms with Gasteiger partial charge in [-0.2, -0.15) is 0 Å². The average Bonchev–Trinajstić information content (AvgIpc) is 2.98. The Labute approximate surface area is 182 Å². The van der Waals surface area contributed by atoms with Gasteiger partial charge in [0.05, 0.1) is 10.5 Å². The lowest BCUT2D eigenvalue weighted by atomic mass is 10.2. The Morgan fingerprint density at radius 2 is 2.00 bits per heavy atom. The van der Waals surface area contributed by atoms with Crippen molar-refractivity contribution in [3.8, 4) is 0 Å². The molecule has 0 atom stereocenters. The number of hydrogen-bond acceptors (Lipinski definition) is 6. The molecule has 1 aliphatic heterocycles. The number of sulfonamides is 1. The van der Waals surface area contributed by atoms with Gasteiger partial charge in [-0.1, -0.05) is 0 Å². The maximum Gasteiger partial charge on any atom is 0.250 e. The number of nitrogens with one attached hydrogen (secondary N) is 2. The van der Waals surface area contributed by atoms with Crippen LogP contribution in [-0.2, 0) is 19.9 Å². The molecule has 1 aliphatic rings. The molecule has 1 fully saturated rings. The van der Waals surface area contributed by atoms with Gasteiger partial charge in [0.25, 0.3) is 0 Å². The zero-order valence-corrected chi connectivity index (χ0v) is 20.6. The van der Waals surface area contributed by atoms with Gasteiger partial charge in [-0.3, -0.25) is 4.99 Å². The number of guanidine groups is 1. The second kappa shape index (κ2) is 9.37. The third-order valence-corrected chi connectivity index (χ3v) is 9.72. The molecule has 27 heavy (non-hydrogen) atoms. The van der Waals surface area contributed by atoms with Crippen LogP contribution in [0.15, 0.2) is 21.3 Å². The van der Waals surface area contributed by atoms with Gasteiger partial charge in [-0.15, -0.1) is 35.3 Å². The van der Waals surface area contributed by atoms with Gasteiger partial charge in [0.2, 0.25) is 10.0 Å². The number of hydrogen-bond donors (Lipinski definition) is 2. The van der Waals surface area contributed by atoms with Crippen molar-refractivity contribution in [3.05, 3.63) is 17.0 Å². The second-order valence-corrected chi connectivity index (χ2v) is 12.8. The van der Waals surface area contributed by atoms with Crippen LogP contribution >= 0.6 is 35.3 Å². The van der Waals surface area contributed by atoms with Crippen LogP contribution in [0.25, 0.3) is 0 Å². The minimum atomic E-state index is -3.51. The Hall–Kier alpha value is -0.440. The van der Waals surface area contributed by atoms with E-state index >= 15 is 0 Å². The van der Waals surface area contributed by atoms with E-state index in [4.69, 9.17) is 0 Å². The molecular formula is C15H27IN4O4S3. The molecule has 0 radical (unpaired) electrons. The van der Waals surface area contributed by atoms with E-state index in [2.05, 4.69) is 15.0 Å². The summed E-state index contributed by atoms with van der Waals surface area (Å²) in [6, 6.07) is 3.36. The van der Waals surface area contributed by atoms with E-state index in [1.165, 1.54) is 11.3 Å². The van der Waals surface area contributed by atoms with Crippen molar-refractivity contribution in [2.24, 2.45) is 4.99 Å². The molecule has 1 aromatic heterocycles. The lowest BCUT2D eigenvalue weighted by Crippen LogP contribution is -2.57. The first-order valence-electron chi connectivity index (χ1n) is 8.22. The van der Waals surface area contributed by atoms with E-state index in [1.54, 1.807) is 33.0 Å². The van der Waals surface area contributed by atoms with Crippen molar-refractivity contribution < 1.29 is 16.8 Å². The molecule has 8 nitrogen and oxygen atoms in total. The number of sulfone groups is 1. The second-order valence-electron chi connectivity index (χ2n) is 6.74. The molecule has 1 saturated heterocycles. The minimum Gasteiger partial charge on any atom is -0.355 e. The van der Waals surface area contributed by atoms with Crippen LogP contribution in [0.1, 0.15) is 18.7 Å². The fourth-order valence-electron chi connectivity index (χ4n) is 2.64. The molecule has 0 bridgehead atoms. The summed E-state index contributed by atoms with van der Waals surface area (Å²) < 4.78 is 50.6. The first-order chi connectivity index (χ1) is 12.0. The summed E-state index contributed by atoms with van der Waals surface area (Å²) in [5.74, 6) is 0.643. The molecule has 2 rings (SSSR count). The van der Waals surface area contributed by atoms with Crippen molar-refractivity contribution in [3.63, 3.8) is 0 Å². The van der Waals surface area contributed by atoms with Gasteiger partial charge < -0.3 is 10.2 Å². The van der Waals surface area contributed by atoms with Crippen LogP contribution in [-0.4, -0.2) is 71.4 Å². The van der Waals surface area contributed by atoms with Crippen molar-refractivity contribution in [1.82, 2.24) is 14.9 Å². The quantitative estimate of drug-likeness (QED) is 0.246. The Morgan fingerprint density at radius 3 is 2.52 bits per heavy atom. The van der Waals surface area contributed by atoms with E-state index < -0.39 is 24.6 Å². The first-order valence-corrected chi connectivity index (χ1v) is 12.2. The molecule has 0 saturated carbocycles. The lowest BCUT2D eigenvalue weighted by molar-refractivity contribution is 0.353. The molecule has 12 heteroatoms. The summed E-state index contributed by atoms with van der Waals surface area (Å²) in [5, 5.41) is 3.09. The summed E-state index contributed by atoms with van der Waals surface area (Å²) in [5.41, 5.74) is 0. The van der Waals surface area contributed by atoms with Gasteiger partial charge in [0.15, 0.2) is 15.8 Å². The van der Waals surface area contributed by atoms with Crippen molar-refractivity contribution in [1.29, 1.82) is 0 Å². The zero-order valence-electron chi connectivity index (χ0n) is 15.9.